The second-order valence-corrected chi connectivity index (χ2v) is 6.38. The van der Waals surface area contributed by atoms with E-state index in [4.69, 9.17) is 4.74 Å². The zero-order valence-corrected chi connectivity index (χ0v) is 14.3. The van der Waals surface area contributed by atoms with Gasteiger partial charge in [0.25, 0.3) is 0 Å². The largest absolute Gasteiger partial charge is 0.491 e. The molecule has 0 bridgehead atoms. The van der Waals surface area contributed by atoms with Crippen molar-refractivity contribution in [3.05, 3.63) is 28.2 Å². The van der Waals surface area contributed by atoms with Crippen molar-refractivity contribution in [1.29, 1.82) is 0 Å². The minimum atomic E-state index is 0.254. The van der Waals surface area contributed by atoms with Crippen molar-refractivity contribution in [2.24, 2.45) is 5.92 Å². The number of benzene rings is 1. The topological polar surface area (TPSA) is 21.3 Å². The number of nitrogens with one attached hydrogen (secondary N) is 1. The van der Waals surface area contributed by atoms with Crippen LogP contribution in [0.3, 0.4) is 0 Å². The molecule has 2 nitrogen and oxygen atoms in total. The number of hydrogen-bond acceptors (Lipinski definition) is 2. The Bertz CT molecular complexity index is 392. The molecular formula is C16H26BrNO. The molecular weight excluding hydrogens is 302 g/mol. The van der Waals surface area contributed by atoms with Gasteiger partial charge in [-0.05, 0) is 50.4 Å². The van der Waals surface area contributed by atoms with Gasteiger partial charge in [0.1, 0.15) is 5.75 Å². The molecule has 0 saturated heterocycles. The van der Waals surface area contributed by atoms with E-state index in [9.17, 15) is 0 Å². The molecule has 19 heavy (non-hydrogen) atoms. The molecule has 0 spiro atoms. The van der Waals surface area contributed by atoms with Crippen LogP contribution < -0.4 is 10.1 Å². The minimum absolute atomic E-state index is 0.254. The summed E-state index contributed by atoms with van der Waals surface area (Å²) >= 11 is 3.64. The highest BCUT2D eigenvalue weighted by Crippen LogP contribution is 2.28. The van der Waals surface area contributed by atoms with E-state index in [1.54, 1.807) is 0 Å². The van der Waals surface area contributed by atoms with Crippen LogP contribution in [0.5, 0.6) is 5.75 Å². The van der Waals surface area contributed by atoms with Crippen LogP contribution in [-0.4, -0.2) is 12.6 Å². The number of rotatable bonds is 7. The van der Waals surface area contributed by atoms with Crippen LogP contribution in [-0.2, 0) is 0 Å². The Kier molecular flexibility index (Phi) is 6.87. The summed E-state index contributed by atoms with van der Waals surface area (Å²) in [6, 6.07) is 6.61. The van der Waals surface area contributed by atoms with Gasteiger partial charge in [-0.3, -0.25) is 0 Å². The first kappa shape index (κ1) is 16.5. The lowest BCUT2D eigenvalue weighted by Gasteiger charge is -2.19. The van der Waals surface area contributed by atoms with Crippen LogP contribution >= 0.6 is 15.9 Å². The van der Waals surface area contributed by atoms with E-state index in [0.717, 1.165) is 23.2 Å². The van der Waals surface area contributed by atoms with Gasteiger partial charge in [-0.15, -0.1) is 0 Å². The lowest BCUT2D eigenvalue weighted by Crippen LogP contribution is -2.18. The Morgan fingerprint density at radius 2 is 1.89 bits per heavy atom. The fourth-order valence-corrected chi connectivity index (χ4v) is 2.99. The number of ether oxygens (including phenoxy) is 1. The second kappa shape index (κ2) is 7.91. The third-order valence-corrected chi connectivity index (χ3v) is 3.78. The fourth-order valence-electron chi connectivity index (χ4n) is 2.29. The van der Waals surface area contributed by atoms with Crippen LogP contribution in [0.2, 0.25) is 0 Å². The Morgan fingerprint density at radius 3 is 2.42 bits per heavy atom. The van der Waals surface area contributed by atoms with Gasteiger partial charge in [-0.2, -0.15) is 0 Å². The van der Waals surface area contributed by atoms with E-state index in [2.05, 4.69) is 74.1 Å². The van der Waals surface area contributed by atoms with Crippen LogP contribution in [0.1, 0.15) is 52.6 Å². The standard InChI is InChI=1S/C16H26BrNO/c1-6-18-13(5)15-8-7-14(10-16(15)17)19-12(4)9-11(2)3/h7-8,10-13,18H,6,9H2,1-5H3. The zero-order chi connectivity index (χ0) is 14.4. The molecule has 1 aromatic rings. The van der Waals surface area contributed by atoms with Crippen molar-refractivity contribution in [2.45, 2.75) is 53.2 Å². The molecule has 0 aliphatic heterocycles. The summed E-state index contributed by atoms with van der Waals surface area (Å²) < 4.78 is 7.06. The van der Waals surface area contributed by atoms with E-state index in [0.29, 0.717) is 12.0 Å². The fraction of sp³-hybridized carbons (Fsp3) is 0.625. The lowest BCUT2D eigenvalue weighted by atomic mass is 10.1. The van der Waals surface area contributed by atoms with Gasteiger partial charge in [0.05, 0.1) is 6.10 Å². The normalized spacial score (nSPS) is 14.5. The van der Waals surface area contributed by atoms with Gasteiger partial charge in [0, 0.05) is 10.5 Å². The number of hydrogen-bond donors (Lipinski definition) is 1. The molecule has 0 radical (unpaired) electrons. The van der Waals surface area contributed by atoms with E-state index in [1.165, 1.54) is 5.56 Å². The van der Waals surface area contributed by atoms with Crippen LogP contribution in [0.15, 0.2) is 22.7 Å². The average molecular weight is 328 g/mol. The van der Waals surface area contributed by atoms with Crippen molar-refractivity contribution in [3.63, 3.8) is 0 Å². The summed E-state index contributed by atoms with van der Waals surface area (Å²) in [6.45, 7) is 11.8. The van der Waals surface area contributed by atoms with E-state index in [1.807, 2.05) is 0 Å². The van der Waals surface area contributed by atoms with Gasteiger partial charge in [-0.1, -0.05) is 42.8 Å². The van der Waals surface area contributed by atoms with Crippen molar-refractivity contribution in [2.75, 3.05) is 6.54 Å². The quantitative estimate of drug-likeness (QED) is 0.766. The van der Waals surface area contributed by atoms with Gasteiger partial charge >= 0.3 is 0 Å². The van der Waals surface area contributed by atoms with E-state index < -0.39 is 0 Å². The second-order valence-electron chi connectivity index (χ2n) is 5.52. The van der Waals surface area contributed by atoms with E-state index >= 15 is 0 Å². The highest BCUT2D eigenvalue weighted by Gasteiger charge is 2.11. The van der Waals surface area contributed by atoms with Gasteiger partial charge in [0.2, 0.25) is 0 Å². The van der Waals surface area contributed by atoms with E-state index in [-0.39, 0.29) is 6.10 Å². The van der Waals surface area contributed by atoms with Gasteiger partial charge in [0.15, 0.2) is 0 Å². The highest BCUT2D eigenvalue weighted by atomic mass is 79.9. The third kappa shape index (κ3) is 5.53. The molecule has 0 fully saturated rings. The molecule has 1 aromatic carbocycles. The highest BCUT2D eigenvalue weighted by molar-refractivity contribution is 9.10. The molecule has 108 valence electrons. The Hall–Kier alpha value is -0.540. The van der Waals surface area contributed by atoms with Crippen LogP contribution in [0.25, 0.3) is 0 Å². The monoisotopic (exact) mass is 327 g/mol. The Balaban J connectivity index is 2.71. The maximum Gasteiger partial charge on any atom is 0.120 e. The lowest BCUT2D eigenvalue weighted by molar-refractivity contribution is 0.193. The van der Waals surface area contributed by atoms with Crippen LogP contribution in [0, 0.1) is 5.92 Å². The third-order valence-electron chi connectivity index (χ3n) is 3.09. The summed E-state index contributed by atoms with van der Waals surface area (Å²) in [5, 5.41) is 3.42. The summed E-state index contributed by atoms with van der Waals surface area (Å²) in [5.74, 6) is 1.60. The maximum absolute atomic E-state index is 5.95. The van der Waals surface area contributed by atoms with Crippen LogP contribution in [0.4, 0.5) is 0 Å². The van der Waals surface area contributed by atoms with Gasteiger partial charge < -0.3 is 10.1 Å². The summed E-state index contributed by atoms with van der Waals surface area (Å²) in [4.78, 5) is 0. The first-order chi connectivity index (χ1) is 8.93. The smallest absolute Gasteiger partial charge is 0.120 e. The van der Waals surface area contributed by atoms with Crippen molar-refractivity contribution >= 4 is 15.9 Å². The van der Waals surface area contributed by atoms with Crippen molar-refractivity contribution in [3.8, 4) is 5.75 Å². The summed E-state index contributed by atoms with van der Waals surface area (Å²) in [7, 11) is 0. The van der Waals surface area contributed by atoms with Crippen molar-refractivity contribution in [1.82, 2.24) is 5.32 Å². The first-order valence-electron chi connectivity index (χ1n) is 7.13. The summed E-state index contributed by atoms with van der Waals surface area (Å²) in [6.07, 6.45) is 1.33. The Labute approximate surface area is 126 Å². The predicted octanol–water partition coefficient (Wildman–Crippen LogP) is 4.93. The average Bonchev–Trinajstić information content (AvgIpc) is 2.27. The molecule has 0 aliphatic rings. The molecule has 0 aromatic heterocycles. The molecule has 0 aliphatic carbocycles. The molecule has 2 unspecified atom stereocenters. The van der Waals surface area contributed by atoms with Crippen molar-refractivity contribution < 1.29 is 4.74 Å². The molecule has 0 saturated carbocycles. The minimum Gasteiger partial charge on any atom is -0.491 e. The molecule has 0 heterocycles. The molecule has 1 rings (SSSR count). The SMILES string of the molecule is CCNC(C)c1ccc(OC(C)CC(C)C)cc1Br. The van der Waals surface area contributed by atoms with Gasteiger partial charge in [-0.25, -0.2) is 0 Å². The Morgan fingerprint density at radius 1 is 1.21 bits per heavy atom. The molecule has 0 amide bonds. The maximum atomic E-state index is 5.95. The molecule has 3 heteroatoms. The summed E-state index contributed by atoms with van der Waals surface area (Å²) in [5.41, 5.74) is 1.27. The first-order valence-corrected chi connectivity index (χ1v) is 7.92. The molecule has 1 N–H and O–H groups in total. The molecule has 2 atom stereocenters. The predicted molar refractivity (Wildman–Crippen MR) is 85.8 cm³/mol. The number of halogens is 1. The zero-order valence-electron chi connectivity index (χ0n) is 12.7.